The maximum atomic E-state index is 12.7. The second-order valence-electron chi connectivity index (χ2n) is 8.63. The monoisotopic (exact) mass is 478 g/mol. The van der Waals surface area contributed by atoms with E-state index in [2.05, 4.69) is 26.4 Å². The maximum Gasteiger partial charge on any atom is 0.227 e. The highest BCUT2D eigenvalue weighted by molar-refractivity contribution is 5.76. The van der Waals surface area contributed by atoms with Gasteiger partial charge in [-0.15, -0.1) is 0 Å². The Labute approximate surface area is 206 Å². The second kappa shape index (κ2) is 12.4. The van der Waals surface area contributed by atoms with E-state index in [0.29, 0.717) is 31.3 Å². The molecule has 0 radical (unpaired) electrons. The Hall–Kier alpha value is -3.39. The summed E-state index contributed by atoms with van der Waals surface area (Å²) in [5.74, 6) is 2.56. The third-order valence-electron chi connectivity index (χ3n) is 6.28. The van der Waals surface area contributed by atoms with Gasteiger partial charge in [-0.1, -0.05) is 29.8 Å². The average molecular weight is 479 g/mol. The number of carbonyl (C=O) groups is 1. The summed E-state index contributed by atoms with van der Waals surface area (Å²) in [5.41, 5.74) is 1.95. The molecule has 1 amide bonds. The third kappa shape index (κ3) is 6.60. The number of piperidine rings is 1. The van der Waals surface area contributed by atoms with Gasteiger partial charge >= 0.3 is 0 Å². The summed E-state index contributed by atoms with van der Waals surface area (Å²) in [5, 5.41) is 7.17. The molecule has 1 atom stereocenters. The molecule has 8 heteroatoms. The fraction of sp³-hybridized carbons (Fsp3) is 0.444. The molecule has 0 bridgehead atoms. The number of nitrogens with zero attached hydrogens (tertiary/aromatic N) is 3. The van der Waals surface area contributed by atoms with Crippen LogP contribution in [0.15, 0.2) is 53.1 Å². The molecule has 0 saturated carbocycles. The van der Waals surface area contributed by atoms with Gasteiger partial charge in [0.25, 0.3) is 0 Å². The summed E-state index contributed by atoms with van der Waals surface area (Å²) >= 11 is 0. The molecule has 1 aliphatic heterocycles. The molecule has 2 aromatic carbocycles. The van der Waals surface area contributed by atoms with Crippen LogP contribution in [0.25, 0.3) is 11.4 Å². The Morgan fingerprint density at radius 3 is 2.63 bits per heavy atom. The largest absolute Gasteiger partial charge is 0.496 e. The first kappa shape index (κ1) is 24.7. The van der Waals surface area contributed by atoms with Crippen molar-refractivity contribution in [2.24, 2.45) is 0 Å². The minimum absolute atomic E-state index is 0.0391. The topological polar surface area (TPSA) is 89.7 Å². The second-order valence-corrected chi connectivity index (χ2v) is 8.63. The number of methoxy groups -OCH3 is 1. The van der Waals surface area contributed by atoms with E-state index >= 15 is 0 Å². The van der Waals surface area contributed by atoms with E-state index in [9.17, 15) is 4.79 Å². The van der Waals surface area contributed by atoms with Crippen LogP contribution in [0.1, 0.15) is 50.1 Å². The summed E-state index contributed by atoms with van der Waals surface area (Å²) < 4.78 is 16.5. The lowest BCUT2D eigenvalue weighted by atomic mass is 10.0. The fourth-order valence-electron chi connectivity index (χ4n) is 4.47. The molecule has 0 aliphatic carbocycles. The van der Waals surface area contributed by atoms with Crippen molar-refractivity contribution in [3.8, 4) is 22.9 Å². The summed E-state index contributed by atoms with van der Waals surface area (Å²) in [4.78, 5) is 19.6. The van der Waals surface area contributed by atoms with Crippen molar-refractivity contribution in [1.82, 2.24) is 20.4 Å². The molecule has 1 aromatic heterocycles. The minimum Gasteiger partial charge on any atom is -0.496 e. The molecule has 1 saturated heterocycles. The molecule has 0 spiro atoms. The first-order valence-corrected chi connectivity index (χ1v) is 12.4. The predicted molar refractivity (Wildman–Crippen MR) is 133 cm³/mol. The standard InChI is InChI=1S/C27H34N4O4/c1-3-34-21-13-11-20(12-14-21)27-29-26(35-30-27)16-15-25(32)28-19-23(31-17-7-4-8-18-31)22-9-5-6-10-24(22)33-2/h5-6,9-14,23H,3-4,7-8,15-19H2,1-2H3,(H,28,32). The number of para-hydroxylation sites is 1. The number of hydrogen-bond donors (Lipinski definition) is 1. The zero-order valence-corrected chi connectivity index (χ0v) is 20.5. The van der Waals surface area contributed by atoms with E-state index in [1.807, 2.05) is 49.4 Å². The average Bonchev–Trinajstić information content (AvgIpc) is 3.38. The molecule has 1 fully saturated rings. The van der Waals surface area contributed by atoms with Crippen LogP contribution in [0.3, 0.4) is 0 Å². The molecule has 186 valence electrons. The van der Waals surface area contributed by atoms with Gasteiger partial charge in [0.1, 0.15) is 11.5 Å². The van der Waals surface area contributed by atoms with Crippen molar-refractivity contribution < 1.29 is 18.8 Å². The fourth-order valence-corrected chi connectivity index (χ4v) is 4.47. The van der Waals surface area contributed by atoms with Crippen LogP contribution in [-0.2, 0) is 11.2 Å². The van der Waals surface area contributed by atoms with E-state index in [0.717, 1.165) is 35.7 Å². The molecule has 2 heterocycles. The van der Waals surface area contributed by atoms with Crippen molar-refractivity contribution in [2.45, 2.75) is 45.1 Å². The number of aromatic nitrogens is 2. The van der Waals surface area contributed by atoms with Crippen molar-refractivity contribution in [3.63, 3.8) is 0 Å². The number of nitrogens with one attached hydrogen (secondary N) is 1. The smallest absolute Gasteiger partial charge is 0.227 e. The molecule has 1 unspecified atom stereocenters. The Morgan fingerprint density at radius 1 is 1.11 bits per heavy atom. The molecule has 1 aliphatic rings. The van der Waals surface area contributed by atoms with Crippen LogP contribution in [-0.4, -0.2) is 54.3 Å². The summed E-state index contributed by atoms with van der Waals surface area (Å²) in [6, 6.07) is 15.7. The highest BCUT2D eigenvalue weighted by Gasteiger charge is 2.25. The van der Waals surface area contributed by atoms with Crippen molar-refractivity contribution in [3.05, 3.63) is 60.0 Å². The van der Waals surface area contributed by atoms with Gasteiger partial charge in [-0.3, -0.25) is 9.69 Å². The Bertz CT molecular complexity index is 1080. The zero-order chi connectivity index (χ0) is 24.5. The summed E-state index contributed by atoms with van der Waals surface area (Å²) in [6.07, 6.45) is 4.27. The van der Waals surface area contributed by atoms with Gasteiger partial charge < -0.3 is 19.3 Å². The van der Waals surface area contributed by atoms with E-state index < -0.39 is 0 Å². The van der Waals surface area contributed by atoms with Gasteiger partial charge in [0, 0.05) is 30.5 Å². The number of likely N-dealkylation sites (tertiary alicyclic amines) is 1. The van der Waals surface area contributed by atoms with Crippen LogP contribution in [0.2, 0.25) is 0 Å². The molecule has 1 N–H and O–H groups in total. The first-order chi connectivity index (χ1) is 17.2. The molecular formula is C27H34N4O4. The first-order valence-electron chi connectivity index (χ1n) is 12.4. The van der Waals surface area contributed by atoms with Crippen LogP contribution < -0.4 is 14.8 Å². The highest BCUT2D eigenvalue weighted by Crippen LogP contribution is 2.31. The lowest BCUT2D eigenvalue weighted by molar-refractivity contribution is -0.121. The summed E-state index contributed by atoms with van der Waals surface area (Å²) in [6.45, 7) is 5.14. The molecule has 4 rings (SSSR count). The van der Waals surface area contributed by atoms with Crippen LogP contribution in [0.4, 0.5) is 0 Å². The van der Waals surface area contributed by atoms with Gasteiger partial charge in [0.2, 0.25) is 17.6 Å². The van der Waals surface area contributed by atoms with Crippen molar-refractivity contribution in [2.75, 3.05) is 33.4 Å². The van der Waals surface area contributed by atoms with E-state index in [4.69, 9.17) is 14.0 Å². The number of ether oxygens (including phenoxy) is 2. The Kier molecular flexibility index (Phi) is 8.73. The maximum absolute atomic E-state index is 12.7. The van der Waals surface area contributed by atoms with E-state index in [-0.39, 0.29) is 18.4 Å². The van der Waals surface area contributed by atoms with Gasteiger partial charge in [0.05, 0.1) is 19.8 Å². The molecule has 3 aromatic rings. The van der Waals surface area contributed by atoms with Crippen LogP contribution in [0, 0.1) is 0 Å². The van der Waals surface area contributed by atoms with E-state index in [1.54, 1.807) is 7.11 Å². The highest BCUT2D eigenvalue weighted by atomic mass is 16.5. The van der Waals surface area contributed by atoms with Gasteiger partial charge in [-0.05, 0) is 63.2 Å². The van der Waals surface area contributed by atoms with Gasteiger partial charge in [-0.25, -0.2) is 0 Å². The van der Waals surface area contributed by atoms with Gasteiger partial charge in [-0.2, -0.15) is 4.98 Å². The zero-order valence-electron chi connectivity index (χ0n) is 20.5. The SMILES string of the molecule is CCOc1ccc(-c2noc(CCC(=O)NCC(c3ccccc3OC)N3CCCCC3)n2)cc1. The van der Waals surface area contributed by atoms with Crippen molar-refractivity contribution in [1.29, 1.82) is 0 Å². The number of benzene rings is 2. The predicted octanol–water partition coefficient (Wildman–Crippen LogP) is 4.42. The lowest BCUT2D eigenvalue weighted by Crippen LogP contribution is -2.40. The number of aryl methyl sites for hydroxylation is 1. The quantitative estimate of drug-likeness (QED) is 0.436. The molecule has 8 nitrogen and oxygen atoms in total. The number of carbonyl (C=O) groups excluding carboxylic acids is 1. The number of rotatable bonds is 11. The van der Waals surface area contributed by atoms with Crippen LogP contribution in [0.5, 0.6) is 11.5 Å². The lowest BCUT2D eigenvalue weighted by Gasteiger charge is -2.35. The molecular weight excluding hydrogens is 444 g/mol. The molecule has 35 heavy (non-hydrogen) atoms. The number of hydrogen-bond acceptors (Lipinski definition) is 7. The van der Waals surface area contributed by atoms with Crippen molar-refractivity contribution >= 4 is 5.91 Å². The summed E-state index contributed by atoms with van der Waals surface area (Å²) in [7, 11) is 1.69. The third-order valence-corrected chi connectivity index (χ3v) is 6.28. The minimum atomic E-state index is -0.0391. The Morgan fingerprint density at radius 2 is 1.89 bits per heavy atom. The van der Waals surface area contributed by atoms with E-state index in [1.165, 1.54) is 19.3 Å². The normalized spacial score (nSPS) is 14.9. The van der Waals surface area contributed by atoms with Crippen LogP contribution >= 0.6 is 0 Å². The number of amides is 1. The Balaban J connectivity index is 1.33. The van der Waals surface area contributed by atoms with Gasteiger partial charge in [0.15, 0.2) is 0 Å².